The third kappa shape index (κ3) is 5.24. The molecule has 4 nitrogen and oxygen atoms in total. The molecule has 5 aliphatic heterocycles. The molecule has 0 saturated carbocycles. The third-order valence-electron chi connectivity index (χ3n) is 6.59. The van der Waals surface area contributed by atoms with E-state index in [0.29, 0.717) is 0 Å². The molecule has 176 valence electrons. The van der Waals surface area contributed by atoms with Gasteiger partial charge in [0.05, 0.1) is 22.8 Å². The number of halogens is 2. The molecule has 5 aliphatic rings. The summed E-state index contributed by atoms with van der Waals surface area (Å²) >= 11 is 12.7. The smallest absolute Gasteiger partial charge is 0.0682 e. The van der Waals surface area contributed by atoms with Crippen molar-refractivity contribution < 1.29 is 0 Å². The summed E-state index contributed by atoms with van der Waals surface area (Å²) in [6.45, 7) is 3.60. The van der Waals surface area contributed by atoms with Crippen LogP contribution in [0.3, 0.4) is 0 Å². The predicted molar refractivity (Wildman–Crippen MR) is 146 cm³/mol. The van der Waals surface area contributed by atoms with E-state index in [-0.39, 0.29) is 0 Å². The first-order valence-electron chi connectivity index (χ1n) is 12.3. The Hall–Kier alpha value is -2.56. The second-order valence-corrected chi connectivity index (χ2v) is 9.87. The van der Waals surface area contributed by atoms with Crippen molar-refractivity contribution in [1.29, 1.82) is 0 Å². The highest BCUT2D eigenvalue weighted by Gasteiger charge is 2.19. The lowest BCUT2D eigenvalue weighted by Gasteiger charge is -2.29. The van der Waals surface area contributed by atoms with Gasteiger partial charge in [-0.2, -0.15) is 0 Å². The summed E-state index contributed by atoms with van der Waals surface area (Å²) < 4.78 is 0. The van der Waals surface area contributed by atoms with Gasteiger partial charge >= 0.3 is 0 Å². The van der Waals surface area contributed by atoms with Crippen molar-refractivity contribution >= 4 is 46.0 Å². The van der Waals surface area contributed by atoms with Crippen LogP contribution >= 0.6 is 23.2 Å². The van der Waals surface area contributed by atoms with E-state index in [2.05, 4.69) is 46.5 Å². The van der Waals surface area contributed by atoms with Gasteiger partial charge < -0.3 is 9.80 Å². The lowest BCUT2D eigenvalue weighted by Crippen LogP contribution is -2.25. The Bertz CT molecular complexity index is 1080. The minimum atomic E-state index is 0.758. The second-order valence-electron chi connectivity index (χ2n) is 9.00. The highest BCUT2D eigenvalue weighted by molar-refractivity contribution is 6.32. The lowest BCUT2D eigenvalue weighted by atomic mass is 10.0. The van der Waals surface area contributed by atoms with Crippen LogP contribution in [0.25, 0.3) is 0 Å². The van der Waals surface area contributed by atoms with Crippen molar-refractivity contribution in [3.63, 3.8) is 0 Å². The van der Waals surface area contributed by atoms with Crippen LogP contribution in [0.15, 0.2) is 70.9 Å². The fraction of sp³-hybridized carbons (Fsp3) is 0.357. The topological polar surface area (TPSA) is 31.2 Å². The van der Waals surface area contributed by atoms with Crippen molar-refractivity contribution in [3.05, 3.63) is 82.1 Å². The van der Waals surface area contributed by atoms with Crippen LogP contribution < -0.4 is 9.80 Å². The molecule has 0 aliphatic carbocycles. The van der Waals surface area contributed by atoms with Crippen molar-refractivity contribution in [1.82, 2.24) is 0 Å². The van der Waals surface area contributed by atoms with E-state index in [0.717, 1.165) is 97.3 Å². The molecule has 0 fully saturated rings. The van der Waals surface area contributed by atoms with Gasteiger partial charge in [0.2, 0.25) is 0 Å². The van der Waals surface area contributed by atoms with E-state index in [1.54, 1.807) is 0 Å². The van der Waals surface area contributed by atoms with Gasteiger partial charge in [0.1, 0.15) is 0 Å². The van der Waals surface area contributed by atoms with E-state index < -0.39 is 0 Å². The van der Waals surface area contributed by atoms with Gasteiger partial charge in [-0.05, 0) is 87.1 Å². The van der Waals surface area contributed by atoms with Crippen LogP contribution in [0.2, 0.25) is 10.0 Å². The Labute approximate surface area is 212 Å². The first-order valence-corrected chi connectivity index (χ1v) is 13.0. The molecule has 0 radical (unpaired) electrons. The van der Waals surface area contributed by atoms with E-state index >= 15 is 0 Å². The predicted octanol–water partition coefficient (Wildman–Crippen LogP) is 7.29. The molecule has 0 aromatic heterocycles. The minimum absolute atomic E-state index is 0.758. The number of anilines is 2. The highest BCUT2D eigenvalue weighted by Crippen LogP contribution is 2.31. The Kier molecular flexibility index (Phi) is 7.36. The summed E-state index contributed by atoms with van der Waals surface area (Å²) in [7, 11) is 0. The molecular weight excluding hydrogens is 463 g/mol. The maximum absolute atomic E-state index is 6.34. The minimum Gasteiger partial charge on any atom is -0.347 e. The SMILES string of the molecule is Clc1ccc2c(c1)C1=NCCCCCN=C3C=CN(CCCCCN2C=C1)c1ccc(Cl)cc13. The average molecular weight is 493 g/mol. The molecule has 0 saturated heterocycles. The Morgan fingerprint density at radius 2 is 1.06 bits per heavy atom. The van der Waals surface area contributed by atoms with E-state index in [1.807, 2.05) is 24.3 Å². The van der Waals surface area contributed by atoms with E-state index in [4.69, 9.17) is 33.2 Å². The number of hydrogen-bond acceptors (Lipinski definition) is 4. The standard InChI is InChI=1S/C28H30Cl2N4/c29-21-7-9-27-23(19-21)25-11-17-33(27)15-5-2-6-16-34-18-12-26(32-14-4-1-3-13-31-25)24-20-22(30)8-10-28(24)34/h7-12,17-20H,1-6,13-16H2. The molecule has 0 atom stereocenters. The summed E-state index contributed by atoms with van der Waals surface area (Å²) in [5.41, 5.74) is 6.75. The molecule has 6 heteroatoms. The Morgan fingerprint density at radius 3 is 1.56 bits per heavy atom. The quantitative estimate of drug-likeness (QED) is 0.386. The van der Waals surface area contributed by atoms with Crippen LogP contribution in [0.4, 0.5) is 11.4 Å². The van der Waals surface area contributed by atoms with Crippen LogP contribution in [0.5, 0.6) is 0 Å². The normalized spacial score (nSPS) is 18.9. The van der Waals surface area contributed by atoms with Crippen molar-refractivity contribution in [3.8, 4) is 0 Å². The lowest BCUT2D eigenvalue weighted by molar-refractivity contribution is 0.676. The van der Waals surface area contributed by atoms with Crippen LogP contribution in [0.1, 0.15) is 49.7 Å². The van der Waals surface area contributed by atoms with Crippen molar-refractivity contribution in [2.75, 3.05) is 36.0 Å². The summed E-state index contributed by atoms with van der Waals surface area (Å²) in [4.78, 5) is 14.5. The molecule has 34 heavy (non-hydrogen) atoms. The number of allylic oxidation sites excluding steroid dienone is 2. The van der Waals surface area contributed by atoms with Crippen LogP contribution in [0, 0.1) is 0 Å². The molecule has 0 N–H and O–H groups in total. The molecule has 0 spiro atoms. The van der Waals surface area contributed by atoms with Gasteiger partial charge in [0, 0.05) is 59.8 Å². The number of nitrogens with zero attached hydrogens (tertiary/aromatic N) is 4. The zero-order valence-corrected chi connectivity index (χ0v) is 20.9. The largest absolute Gasteiger partial charge is 0.347 e. The Morgan fingerprint density at radius 1 is 0.588 bits per heavy atom. The molecule has 7 rings (SSSR count). The number of benzene rings is 2. The summed E-state index contributed by atoms with van der Waals surface area (Å²) in [5, 5.41) is 1.52. The summed E-state index contributed by atoms with van der Waals surface area (Å²) in [5.74, 6) is 0. The third-order valence-corrected chi connectivity index (χ3v) is 7.06. The molecule has 0 amide bonds. The van der Waals surface area contributed by atoms with Crippen LogP contribution in [-0.4, -0.2) is 37.6 Å². The zero-order valence-electron chi connectivity index (χ0n) is 19.4. The highest BCUT2D eigenvalue weighted by atomic mass is 35.5. The molecule has 0 unspecified atom stereocenters. The maximum atomic E-state index is 6.34. The van der Waals surface area contributed by atoms with E-state index in [1.165, 1.54) is 11.4 Å². The van der Waals surface area contributed by atoms with Crippen LogP contribution in [-0.2, 0) is 0 Å². The second kappa shape index (κ2) is 10.8. The fourth-order valence-electron chi connectivity index (χ4n) is 4.80. The van der Waals surface area contributed by atoms with Gasteiger partial charge in [-0.25, -0.2) is 0 Å². The maximum Gasteiger partial charge on any atom is 0.0682 e. The molecule has 2 aromatic carbocycles. The number of aliphatic imine (C=N–C) groups is 2. The molecule has 4 bridgehead atoms. The van der Waals surface area contributed by atoms with E-state index in [9.17, 15) is 0 Å². The molecule has 2 aromatic rings. The van der Waals surface area contributed by atoms with Gasteiger partial charge in [0.25, 0.3) is 0 Å². The van der Waals surface area contributed by atoms with Gasteiger partial charge in [0.15, 0.2) is 0 Å². The fourth-order valence-corrected chi connectivity index (χ4v) is 5.14. The van der Waals surface area contributed by atoms with Gasteiger partial charge in [-0.3, -0.25) is 9.98 Å². The molecular formula is C28H30Cl2N4. The van der Waals surface area contributed by atoms with Crippen molar-refractivity contribution in [2.45, 2.75) is 38.5 Å². The average Bonchev–Trinajstić information content (AvgIpc) is 2.84. The Balaban J connectivity index is 1.36. The monoisotopic (exact) mass is 492 g/mol. The summed E-state index contributed by atoms with van der Waals surface area (Å²) in [6, 6.07) is 12.3. The number of rotatable bonds is 0. The number of hydrogen-bond donors (Lipinski definition) is 0. The van der Waals surface area contributed by atoms with Gasteiger partial charge in [-0.15, -0.1) is 0 Å². The first-order chi connectivity index (χ1) is 16.7. The first kappa shape index (κ1) is 23.2. The summed E-state index contributed by atoms with van der Waals surface area (Å²) in [6.07, 6.45) is 15.2. The van der Waals surface area contributed by atoms with Crippen molar-refractivity contribution in [2.24, 2.45) is 9.98 Å². The van der Waals surface area contributed by atoms with Gasteiger partial charge in [-0.1, -0.05) is 23.2 Å². The zero-order chi connectivity index (χ0) is 23.3. The molecule has 5 heterocycles.